The van der Waals surface area contributed by atoms with Crippen LogP contribution in [0.15, 0.2) is 36.4 Å². The molecule has 1 fully saturated rings. The molecule has 0 aromatic heterocycles. The quantitative estimate of drug-likeness (QED) is 0.902. The van der Waals surface area contributed by atoms with Gasteiger partial charge in [-0.05, 0) is 35.7 Å². The number of aromatic hydroxyl groups is 1. The van der Waals surface area contributed by atoms with E-state index >= 15 is 0 Å². The first-order chi connectivity index (χ1) is 9.28. The first-order valence-electron chi connectivity index (χ1n) is 7.20. The molecule has 2 heteroatoms. The van der Waals surface area contributed by atoms with Gasteiger partial charge in [0.15, 0.2) is 0 Å². The topological polar surface area (TPSA) is 23.5 Å². The Balaban J connectivity index is 1.90. The van der Waals surface area contributed by atoms with Crippen molar-refractivity contribution in [3.8, 4) is 5.75 Å². The summed E-state index contributed by atoms with van der Waals surface area (Å²) in [5, 5.41) is 12.6. The third-order valence-electron chi connectivity index (χ3n) is 4.34. The fraction of sp³-hybridized carbons (Fsp3) is 0.412. The van der Waals surface area contributed by atoms with E-state index in [0.717, 1.165) is 24.6 Å². The van der Waals surface area contributed by atoms with Gasteiger partial charge in [-0.15, -0.1) is 0 Å². The van der Waals surface area contributed by atoms with Crippen molar-refractivity contribution in [3.05, 3.63) is 42.0 Å². The molecule has 0 saturated carbocycles. The van der Waals surface area contributed by atoms with Gasteiger partial charge in [-0.1, -0.05) is 43.7 Å². The Morgan fingerprint density at radius 1 is 1.21 bits per heavy atom. The molecule has 0 radical (unpaired) electrons. The van der Waals surface area contributed by atoms with Crippen LogP contribution >= 0.6 is 0 Å². The van der Waals surface area contributed by atoms with Gasteiger partial charge in [0.05, 0.1) is 0 Å². The average Bonchev–Trinajstić information content (AvgIpc) is 2.90. The van der Waals surface area contributed by atoms with Gasteiger partial charge in [0.2, 0.25) is 0 Å². The standard InChI is InChI=1S/C17H21NO/c1-2-13-9-10-18(11-13)12-16-15-6-4-3-5-14(15)7-8-17(16)19/h3-8,13,19H,2,9-12H2,1H3. The van der Waals surface area contributed by atoms with Crippen LogP contribution < -0.4 is 0 Å². The summed E-state index contributed by atoms with van der Waals surface area (Å²) in [5.74, 6) is 1.26. The number of fused-ring (bicyclic) bond motifs is 1. The normalized spacial score (nSPS) is 20.2. The summed E-state index contributed by atoms with van der Waals surface area (Å²) in [4.78, 5) is 2.47. The maximum atomic E-state index is 10.2. The van der Waals surface area contributed by atoms with Crippen LogP contribution in [0.1, 0.15) is 25.3 Å². The van der Waals surface area contributed by atoms with E-state index in [-0.39, 0.29) is 0 Å². The molecular weight excluding hydrogens is 234 g/mol. The maximum absolute atomic E-state index is 10.2. The first-order valence-corrected chi connectivity index (χ1v) is 7.20. The van der Waals surface area contributed by atoms with E-state index in [0.29, 0.717) is 5.75 Å². The van der Waals surface area contributed by atoms with Crippen molar-refractivity contribution in [2.45, 2.75) is 26.3 Å². The molecule has 100 valence electrons. The molecule has 0 spiro atoms. The Morgan fingerprint density at radius 3 is 2.84 bits per heavy atom. The summed E-state index contributed by atoms with van der Waals surface area (Å²) in [7, 11) is 0. The molecule has 2 nitrogen and oxygen atoms in total. The zero-order chi connectivity index (χ0) is 13.2. The number of phenols is 1. The molecule has 1 saturated heterocycles. The minimum atomic E-state index is 0.429. The summed E-state index contributed by atoms with van der Waals surface area (Å²) in [6, 6.07) is 12.1. The van der Waals surface area contributed by atoms with Gasteiger partial charge in [-0.3, -0.25) is 4.90 Å². The lowest BCUT2D eigenvalue weighted by Gasteiger charge is -2.18. The highest BCUT2D eigenvalue weighted by Crippen LogP contribution is 2.30. The Bertz CT molecular complexity index is 578. The van der Waals surface area contributed by atoms with Crippen LogP contribution in [-0.2, 0) is 6.54 Å². The minimum Gasteiger partial charge on any atom is -0.508 e. The number of hydrogen-bond acceptors (Lipinski definition) is 2. The fourth-order valence-corrected chi connectivity index (χ4v) is 3.10. The summed E-state index contributed by atoms with van der Waals surface area (Å²) in [6.45, 7) is 5.45. The zero-order valence-electron chi connectivity index (χ0n) is 11.5. The molecule has 0 bridgehead atoms. The summed E-state index contributed by atoms with van der Waals surface area (Å²) < 4.78 is 0. The second kappa shape index (κ2) is 5.22. The van der Waals surface area contributed by atoms with Crippen LogP contribution in [-0.4, -0.2) is 23.1 Å². The number of phenolic OH excluding ortho intramolecular Hbond substituents is 1. The highest BCUT2D eigenvalue weighted by molar-refractivity contribution is 5.87. The van der Waals surface area contributed by atoms with Crippen LogP contribution in [0.4, 0.5) is 0 Å². The lowest BCUT2D eigenvalue weighted by atomic mass is 10.0. The molecular formula is C17H21NO. The van der Waals surface area contributed by atoms with Crippen LogP contribution in [0.3, 0.4) is 0 Å². The van der Waals surface area contributed by atoms with Crippen molar-refractivity contribution >= 4 is 10.8 Å². The van der Waals surface area contributed by atoms with E-state index in [1.54, 1.807) is 0 Å². The van der Waals surface area contributed by atoms with Gasteiger partial charge in [-0.2, -0.15) is 0 Å². The Labute approximate surface area is 114 Å². The fourth-order valence-electron chi connectivity index (χ4n) is 3.10. The van der Waals surface area contributed by atoms with Crippen molar-refractivity contribution in [1.82, 2.24) is 4.90 Å². The van der Waals surface area contributed by atoms with Crippen LogP contribution in [0.2, 0.25) is 0 Å². The SMILES string of the molecule is CCC1CCN(Cc2c(O)ccc3ccccc23)C1. The van der Waals surface area contributed by atoms with E-state index in [2.05, 4.69) is 24.0 Å². The van der Waals surface area contributed by atoms with E-state index < -0.39 is 0 Å². The van der Waals surface area contributed by atoms with E-state index in [1.807, 2.05) is 24.3 Å². The van der Waals surface area contributed by atoms with Crippen molar-refractivity contribution in [2.75, 3.05) is 13.1 Å². The molecule has 2 aromatic rings. The molecule has 1 aliphatic rings. The molecule has 1 N–H and O–H groups in total. The minimum absolute atomic E-state index is 0.429. The van der Waals surface area contributed by atoms with Crippen molar-refractivity contribution in [2.24, 2.45) is 5.92 Å². The van der Waals surface area contributed by atoms with Gasteiger partial charge in [0.25, 0.3) is 0 Å². The Hall–Kier alpha value is -1.54. The Kier molecular flexibility index (Phi) is 3.43. The zero-order valence-corrected chi connectivity index (χ0v) is 11.5. The molecule has 1 unspecified atom stereocenters. The monoisotopic (exact) mass is 255 g/mol. The third-order valence-corrected chi connectivity index (χ3v) is 4.34. The van der Waals surface area contributed by atoms with Crippen LogP contribution in [0.5, 0.6) is 5.75 Å². The molecule has 3 rings (SSSR count). The van der Waals surface area contributed by atoms with Crippen LogP contribution in [0.25, 0.3) is 10.8 Å². The van der Waals surface area contributed by atoms with Crippen LogP contribution in [0, 0.1) is 5.92 Å². The van der Waals surface area contributed by atoms with E-state index in [4.69, 9.17) is 0 Å². The third kappa shape index (κ3) is 2.45. The maximum Gasteiger partial charge on any atom is 0.120 e. The molecule has 0 amide bonds. The number of hydrogen-bond donors (Lipinski definition) is 1. The Morgan fingerprint density at radius 2 is 2.05 bits per heavy atom. The van der Waals surface area contributed by atoms with Crippen molar-refractivity contribution < 1.29 is 5.11 Å². The predicted octanol–water partition coefficient (Wildman–Crippen LogP) is 3.78. The first kappa shape index (κ1) is 12.5. The summed E-state index contributed by atoms with van der Waals surface area (Å²) in [5.41, 5.74) is 1.08. The second-order valence-corrected chi connectivity index (χ2v) is 5.58. The molecule has 19 heavy (non-hydrogen) atoms. The van der Waals surface area contributed by atoms with E-state index in [9.17, 15) is 5.11 Å². The van der Waals surface area contributed by atoms with Gasteiger partial charge in [0.1, 0.15) is 5.75 Å². The molecule has 1 heterocycles. The number of nitrogens with zero attached hydrogens (tertiary/aromatic N) is 1. The smallest absolute Gasteiger partial charge is 0.120 e. The lowest BCUT2D eigenvalue weighted by Crippen LogP contribution is -2.20. The number of likely N-dealkylation sites (tertiary alicyclic amines) is 1. The number of benzene rings is 2. The van der Waals surface area contributed by atoms with Crippen molar-refractivity contribution in [1.29, 1.82) is 0 Å². The summed E-state index contributed by atoms with van der Waals surface area (Å²) >= 11 is 0. The predicted molar refractivity (Wildman–Crippen MR) is 79.3 cm³/mol. The van der Waals surface area contributed by atoms with Gasteiger partial charge in [0, 0.05) is 18.7 Å². The van der Waals surface area contributed by atoms with Crippen molar-refractivity contribution in [3.63, 3.8) is 0 Å². The largest absolute Gasteiger partial charge is 0.508 e. The summed E-state index contributed by atoms with van der Waals surface area (Å²) in [6.07, 6.45) is 2.56. The molecule has 1 aliphatic heterocycles. The van der Waals surface area contributed by atoms with Gasteiger partial charge >= 0.3 is 0 Å². The highest BCUT2D eigenvalue weighted by atomic mass is 16.3. The molecule has 0 aliphatic carbocycles. The number of rotatable bonds is 3. The average molecular weight is 255 g/mol. The van der Waals surface area contributed by atoms with Gasteiger partial charge < -0.3 is 5.11 Å². The second-order valence-electron chi connectivity index (χ2n) is 5.58. The van der Waals surface area contributed by atoms with Gasteiger partial charge in [-0.25, -0.2) is 0 Å². The van der Waals surface area contributed by atoms with E-state index in [1.165, 1.54) is 30.2 Å². The lowest BCUT2D eigenvalue weighted by molar-refractivity contribution is 0.310. The molecule has 2 aromatic carbocycles. The highest BCUT2D eigenvalue weighted by Gasteiger charge is 2.22. The molecule has 1 atom stereocenters.